The van der Waals surface area contributed by atoms with Crippen molar-refractivity contribution in [1.29, 1.82) is 0 Å². The standard InChI is InChI=1S/C21H20N4O3/c22-21(27)15-6-4-5-14(11-15)20-17-12-19(26)25(13-18(17)23-24-20)9-10-28-16-7-2-1-3-8-16/h1-8,11H,9-10,12-13H2,(H2,22,27)(H,23,24). The molecule has 7 heteroatoms. The number of H-pyrrole nitrogens is 1. The van der Waals surface area contributed by atoms with E-state index in [4.69, 9.17) is 10.5 Å². The molecule has 1 aliphatic heterocycles. The van der Waals surface area contributed by atoms with Crippen LogP contribution in [0.2, 0.25) is 0 Å². The van der Waals surface area contributed by atoms with E-state index in [0.29, 0.717) is 31.0 Å². The number of carbonyl (C=O) groups excluding carboxylic acids is 2. The van der Waals surface area contributed by atoms with Crippen molar-refractivity contribution in [2.24, 2.45) is 5.73 Å². The zero-order valence-electron chi connectivity index (χ0n) is 15.2. The molecule has 0 bridgehead atoms. The maximum Gasteiger partial charge on any atom is 0.248 e. The smallest absolute Gasteiger partial charge is 0.248 e. The molecule has 3 N–H and O–H groups in total. The third kappa shape index (κ3) is 3.59. The fourth-order valence-electron chi connectivity index (χ4n) is 3.32. The van der Waals surface area contributed by atoms with Crippen LogP contribution in [0.4, 0.5) is 0 Å². The Morgan fingerprint density at radius 1 is 1.18 bits per heavy atom. The summed E-state index contributed by atoms with van der Waals surface area (Å²) in [6.45, 7) is 1.38. The Labute approximate surface area is 162 Å². The Morgan fingerprint density at radius 2 is 2.00 bits per heavy atom. The van der Waals surface area contributed by atoms with Gasteiger partial charge in [0.15, 0.2) is 0 Å². The quantitative estimate of drug-likeness (QED) is 0.688. The number of hydrogen-bond acceptors (Lipinski definition) is 4. The van der Waals surface area contributed by atoms with Crippen molar-refractivity contribution in [2.45, 2.75) is 13.0 Å². The highest BCUT2D eigenvalue weighted by atomic mass is 16.5. The molecule has 1 aliphatic rings. The van der Waals surface area contributed by atoms with Crippen molar-refractivity contribution in [3.63, 3.8) is 0 Å². The van der Waals surface area contributed by atoms with Crippen LogP contribution in [-0.4, -0.2) is 40.1 Å². The number of aromatic nitrogens is 2. The third-order valence-corrected chi connectivity index (χ3v) is 4.78. The van der Waals surface area contributed by atoms with Gasteiger partial charge < -0.3 is 15.4 Å². The van der Waals surface area contributed by atoms with Crippen LogP contribution in [0, 0.1) is 0 Å². The molecule has 4 rings (SSSR count). The number of nitrogens with one attached hydrogen (secondary N) is 1. The second kappa shape index (κ2) is 7.56. The zero-order chi connectivity index (χ0) is 19.5. The van der Waals surface area contributed by atoms with E-state index in [1.807, 2.05) is 36.4 Å². The van der Waals surface area contributed by atoms with Crippen LogP contribution in [0.25, 0.3) is 11.3 Å². The normalized spacial score (nSPS) is 13.3. The molecule has 2 heterocycles. The monoisotopic (exact) mass is 376 g/mol. The van der Waals surface area contributed by atoms with Gasteiger partial charge in [-0.3, -0.25) is 14.7 Å². The molecule has 0 unspecified atom stereocenters. The Bertz CT molecular complexity index is 1010. The number of nitrogens with two attached hydrogens (primary N) is 1. The van der Waals surface area contributed by atoms with Crippen LogP contribution in [0.3, 0.4) is 0 Å². The third-order valence-electron chi connectivity index (χ3n) is 4.78. The van der Waals surface area contributed by atoms with Gasteiger partial charge in [-0.1, -0.05) is 30.3 Å². The van der Waals surface area contributed by atoms with E-state index in [9.17, 15) is 9.59 Å². The number of ether oxygens (including phenoxy) is 1. The van der Waals surface area contributed by atoms with Crippen molar-refractivity contribution in [1.82, 2.24) is 15.1 Å². The molecule has 0 radical (unpaired) electrons. The lowest BCUT2D eigenvalue weighted by Gasteiger charge is -2.26. The van der Waals surface area contributed by atoms with Gasteiger partial charge in [0.25, 0.3) is 0 Å². The Kier molecular flexibility index (Phi) is 4.80. The summed E-state index contributed by atoms with van der Waals surface area (Å²) in [5.74, 6) is 0.315. The highest BCUT2D eigenvalue weighted by molar-refractivity contribution is 5.94. The van der Waals surface area contributed by atoms with Crippen molar-refractivity contribution in [2.75, 3.05) is 13.2 Å². The Morgan fingerprint density at radius 3 is 2.79 bits per heavy atom. The summed E-state index contributed by atoms with van der Waals surface area (Å²) in [6, 6.07) is 16.5. The minimum absolute atomic E-state index is 0.0258. The predicted octanol–water partition coefficient (Wildman–Crippen LogP) is 2.14. The van der Waals surface area contributed by atoms with E-state index in [2.05, 4.69) is 10.2 Å². The van der Waals surface area contributed by atoms with E-state index >= 15 is 0 Å². The van der Waals surface area contributed by atoms with Crippen LogP contribution in [-0.2, 0) is 17.8 Å². The number of nitrogens with zero attached hydrogens (tertiary/aromatic N) is 2. The zero-order valence-corrected chi connectivity index (χ0v) is 15.2. The topological polar surface area (TPSA) is 101 Å². The van der Waals surface area contributed by atoms with Gasteiger partial charge in [0.1, 0.15) is 12.4 Å². The summed E-state index contributed by atoms with van der Waals surface area (Å²) in [6.07, 6.45) is 0.257. The van der Waals surface area contributed by atoms with Crippen LogP contribution >= 0.6 is 0 Å². The summed E-state index contributed by atoms with van der Waals surface area (Å²) < 4.78 is 5.69. The highest BCUT2D eigenvalue weighted by Gasteiger charge is 2.28. The van der Waals surface area contributed by atoms with Crippen molar-refractivity contribution >= 4 is 11.8 Å². The van der Waals surface area contributed by atoms with E-state index in [-0.39, 0.29) is 12.3 Å². The number of rotatable bonds is 6. The number of benzene rings is 2. The molecule has 3 aromatic rings. The number of hydrogen-bond donors (Lipinski definition) is 2. The minimum atomic E-state index is -0.494. The molecule has 7 nitrogen and oxygen atoms in total. The maximum absolute atomic E-state index is 12.6. The van der Waals surface area contributed by atoms with Crippen molar-refractivity contribution in [3.8, 4) is 17.0 Å². The molecule has 142 valence electrons. The number of primary amides is 1. The van der Waals surface area contributed by atoms with Gasteiger partial charge in [-0.15, -0.1) is 0 Å². The Balaban J connectivity index is 1.47. The van der Waals surface area contributed by atoms with E-state index < -0.39 is 5.91 Å². The first-order valence-electron chi connectivity index (χ1n) is 9.04. The predicted molar refractivity (Wildman–Crippen MR) is 104 cm³/mol. The molecule has 0 saturated heterocycles. The summed E-state index contributed by atoms with van der Waals surface area (Å²) in [5.41, 5.74) is 9.00. The lowest BCUT2D eigenvalue weighted by atomic mass is 9.98. The Hall–Kier alpha value is -3.61. The molecule has 0 saturated carbocycles. The fraction of sp³-hybridized carbons (Fsp3) is 0.190. The molecule has 28 heavy (non-hydrogen) atoms. The molecule has 2 amide bonds. The van der Waals surface area contributed by atoms with Gasteiger partial charge in [-0.25, -0.2) is 0 Å². The molecule has 2 aromatic carbocycles. The first-order valence-corrected chi connectivity index (χ1v) is 9.04. The van der Waals surface area contributed by atoms with E-state index in [0.717, 1.165) is 22.6 Å². The lowest BCUT2D eigenvalue weighted by molar-refractivity contribution is -0.132. The highest BCUT2D eigenvalue weighted by Crippen LogP contribution is 2.29. The van der Waals surface area contributed by atoms with Crippen LogP contribution < -0.4 is 10.5 Å². The van der Waals surface area contributed by atoms with Gasteiger partial charge in [0, 0.05) is 16.7 Å². The van der Waals surface area contributed by atoms with Gasteiger partial charge >= 0.3 is 0 Å². The molecule has 0 spiro atoms. The molecule has 1 aromatic heterocycles. The van der Waals surface area contributed by atoms with E-state index in [1.165, 1.54) is 0 Å². The molecule has 0 fully saturated rings. The van der Waals surface area contributed by atoms with Gasteiger partial charge in [-0.2, -0.15) is 5.10 Å². The van der Waals surface area contributed by atoms with Gasteiger partial charge in [-0.05, 0) is 24.3 Å². The molecule has 0 atom stereocenters. The summed E-state index contributed by atoms with van der Waals surface area (Å²) >= 11 is 0. The van der Waals surface area contributed by atoms with Crippen LogP contribution in [0.5, 0.6) is 5.75 Å². The second-order valence-corrected chi connectivity index (χ2v) is 6.63. The number of carbonyl (C=O) groups is 2. The van der Waals surface area contributed by atoms with Crippen LogP contribution in [0.15, 0.2) is 54.6 Å². The van der Waals surface area contributed by atoms with E-state index in [1.54, 1.807) is 23.1 Å². The number of para-hydroxylation sites is 1. The first-order chi connectivity index (χ1) is 13.6. The summed E-state index contributed by atoms with van der Waals surface area (Å²) in [7, 11) is 0. The van der Waals surface area contributed by atoms with Crippen molar-refractivity contribution in [3.05, 3.63) is 71.4 Å². The summed E-state index contributed by atoms with van der Waals surface area (Å²) in [5, 5.41) is 7.41. The second-order valence-electron chi connectivity index (χ2n) is 6.63. The maximum atomic E-state index is 12.6. The number of amides is 2. The molecular formula is C21H20N4O3. The summed E-state index contributed by atoms with van der Waals surface area (Å²) in [4.78, 5) is 25.8. The van der Waals surface area contributed by atoms with Crippen molar-refractivity contribution < 1.29 is 14.3 Å². The number of aromatic amines is 1. The van der Waals surface area contributed by atoms with Gasteiger partial charge in [0.2, 0.25) is 11.8 Å². The lowest BCUT2D eigenvalue weighted by Crippen LogP contribution is -2.38. The SMILES string of the molecule is NC(=O)c1cccc(-c2n[nH]c3c2CC(=O)N(CCOc2ccccc2)C3)c1. The minimum Gasteiger partial charge on any atom is -0.492 e. The average Bonchev–Trinajstić information content (AvgIpc) is 3.11. The fourth-order valence-corrected chi connectivity index (χ4v) is 3.32. The molecule has 0 aliphatic carbocycles. The molecular weight excluding hydrogens is 356 g/mol. The van der Waals surface area contributed by atoms with Gasteiger partial charge in [0.05, 0.1) is 30.9 Å². The first kappa shape index (κ1) is 17.8. The van der Waals surface area contributed by atoms with Crippen LogP contribution in [0.1, 0.15) is 21.6 Å². The average molecular weight is 376 g/mol. The largest absolute Gasteiger partial charge is 0.492 e. The number of fused-ring (bicyclic) bond motifs is 1.